The number of ketones is 1. The molecule has 0 unspecified atom stereocenters. The molecule has 0 saturated heterocycles. The molecule has 5 aromatic rings. The highest BCUT2D eigenvalue weighted by molar-refractivity contribution is 7.26. The van der Waals surface area contributed by atoms with Gasteiger partial charge in [0.05, 0.1) is 0 Å². The third-order valence-electron chi connectivity index (χ3n) is 4.53. The number of carbonyl (C=O) groups excluding carboxylic acids is 1. The van der Waals surface area contributed by atoms with Crippen LogP contribution in [0.1, 0.15) is 17.3 Å². The van der Waals surface area contributed by atoms with Crippen LogP contribution in [0.4, 0.5) is 0 Å². The fourth-order valence-electron chi connectivity index (χ4n) is 3.60. The van der Waals surface area contributed by atoms with Crippen LogP contribution in [0.2, 0.25) is 0 Å². The highest BCUT2D eigenvalue weighted by Crippen LogP contribution is 2.45. The molecule has 1 nitrogen and oxygen atoms in total. The first-order chi connectivity index (χ1) is 10.8. The quantitative estimate of drug-likeness (QED) is 0.274. The van der Waals surface area contributed by atoms with Crippen LogP contribution >= 0.6 is 11.3 Å². The zero-order chi connectivity index (χ0) is 14.8. The van der Waals surface area contributed by atoms with Crippen molar-refractivity contribution >= 4 is 58.8 Å². The Morgan fingerprint density at radius 1 is 0.773 bits per heavy atom. The van der Waals surface area contributed by atoms with Gasteiger partial charge in [-0.05, 0) is 40.6 Å². The second-order valence-electron chi connectivity index (χ2n) is 5.75. The zero-order valence-electron chi connectivity index (χ0n) is 12.0. The molecule has 0 fully saturated rings. The number of rotatable bonds is 1. The van der Waals surface area contributed by atoms with Crippen LogP contribution in [0.3, 0.4) is 0 Å². The van der Waals surface area contributed by atoms with Crippen molar-refractivity contribution in [2.45, 2.75) is 6.92 Å². The molecule has 2 heteroatoms. The Balaban J connectivity index is 2.23. The van der Waals surface area contributed by atoms with Gasteiger partial charge in [0.1, 0.15) is 0 Å². The molecule has 0 amide bonds. The normalized spacial score (nSPS) is 12.0. The summed E-state index contributed by atoms with van der Waals surface area (Å²) in [6, 6.07) is 19.1. The summed E-state index contributed by atoms with van der Waals surface area (Å²) in [5.41, 5.74) is 0.838. The van der Waals surface area contributed by atoms with Gasteiger partial charge in [0.15, 0.2) is 5.78 Å². The summed E-state index contributed by atoms with van der Waals surface area (Å²) in [5.74, 6) is 0.138. The van der Waals surface area contributed by atoms with E-state index >= 15 is 0 Å². The molecule has 0 N–H and O–H groups in total. The number of hydrogen-bond donors (Lipinski definition) is 0. The Kier molecular flexibility index (Phi) is 2.23. The lowest BCUT2D eigenvalue weighted by molar-refractivity contribution is 0.101. The maximum atomic E-state index is 12.0. The number of carbonyl (C=O) groups is 1. The van der Waals surface area contributed by atoms with E-state index in [1.165, 1.54) is 37.0 Å². The van der Waals surface area contributed by atoms with Gasteiger partial charge >= 0.3 is 0 Å². The van der Waals surface area contributed by atoms with Gasteiger partial charge < -0.3 is 0 Å². The van der Waals surface area contributed by atoms with Crippen molar-refractivity contribution in [2.24, 2.45) is 0 Å². The van der Waals surface area contributed by atoms with Crippen molar-refractivity contribution in [3.8, 4) is 0 Å². The van der Waals surface area contributed by atoms with Gasteiger partial charge in [-0.2, -0.15) is 0 Å². The average Bonchev–Trinajstić information content (AvgIpc) is 2.93. The number of fused-ring (bicyclic) bond motifs is 3. The van der Waals surface area contributed by atoms with Crippen molar-refractivity contribution in [1.29, 1.82) is 0 Å². The summed E-state index contributed by atoms with van der Waals surface area (Å²) in [7, 11) is 0. The molecule has 1 aromatic heterocycles. The highest BCUT2D eigenvalue weighted by Gasteiger charge is 2.18. The monoisotopic (exact) mass is 300 g/mol. The molecule has 0 aliphatic rings. The molecule has 0 bridgehead atoms. The second-order valence-corrected chi connectivity index (χ2v) is 6.80. The van der Waals surface area contributed by atoms with E-state index in [2.05, 4.69) is 48.5 Å². The van der Waals surface area contributed by atoms with E-state index in [0.29, 0.717) is 0 Å². The molecular weight excluding hydrogens is 288 g/mol. The number of Topliss-reactive ketones (excluding diaryl/α,β-unsaturated/α-hetero) is 1. The Morgan fingerprint density at radius 3 is 2.18 bits per heavy atom. The first-order valence-electron chi connectivity index (χ1n) is 7.34. The highest BCUT2D eigenvalue weighted by atomic mass is 32.1. The van der Waals surface area contributed by atoms with Crippen LogP contribution in [0, 0.1) is 0 Å². The third-order valence-corrected chi connectivity index (χ3v) is 5.72. The van der Waals surface area contributed by atoms with E-state index in [9.17, 15) is 4.79 Å². The van der Waals surface area contributed by atoms with E-state index in [4.69, 9.17) is 0 Å². The molecule has 0 atom stereocenters. The fraction of sp³-hybridized carbons (Fsp3) is 0.0500. The van der Waals surface area contributed by atoms with Crippen molar-refractivity contribution in [3.63, 3.8) is 0 Å². The van der Waals surface area contributed by atoms with Crippen molar-refractivity contribution in [1.82, 2.24) is 0 Å². The van der Waals surface area contributed by atoms with E-state index in [1.807, 2.05) is 6.07 Å². The van der Waals surface area contributed by atoms with Gasteiger partial charge in [0.25, 0.3) is 0 Å². The largest absolute Gasteiger partial charge is 0.294 e. The summed E-state index contributed by atoms with van der Waals surface area (Å²) < 4.78 is 2.39. The third kappa shape index (κ3) is 1.36. The predicted octanol–water partition coefficient (Wildman–Crippen LogP) is 6.00. The van der Waals surface area contributed by atoms with Crippen molar-refractivity contribution in [2.75, 3.05) is 0 Å². The molecular formula is C20H12OS. The van der Waals surface area contributed by atoms with E-state index in [1.54, 1.807) is 18.3 Å². The van der Waals surface area contributed by atoms with Crippen LogP contribution < -0.4 is 0 Å². The first kappa shape index (κ1) is 12.1. The molecule has 0 radical (unpaired) electrons. The maximum Gasteiger partial charge on any atom is 0.161 e. The minimum absolute atomic E-state index is 0.138. The molecule has 1 heterocycles. The van der Waals surface area contributed by atoms with Crippen LogP contribution in [0.5, 0.6) is 0 Å². The Bertz CT molecular complexity index is 1200. The molecule has 0 saturated carbocycles. The number of thiophene rings is 1. The van der Waals surface area contributed by atoms with Gasteiger partial charge in [-0.25, -0.2) is 0 Å². The first-order valence-corrected chi connectivity index (χ1v) is 8.16. The lowest BCUT2D eigenvalue weighted by atomic mass is 9.93. The summed E-state index contributed by atoms with van der Waals surface area (Å²) in [6.45, 7) is 1.65. The average molecular weight is 300 g/mol. The smallest absolute Gasteiger partial charge is 0.161 e. The predicted molar refractivity (Wildman–Crippen MR) is 95.5 cm³/mol. The van der Waals surface area contributed by atoms with Gasteiger partial charge in [0, 0.05) is 25.7 Å². The maximum absolute atomic E-state index is 12.0. The second kappa shape index (κ2) is 4.05. The summed E-state index contributed by atoms with van der Waals surface area (Å²) in [5, 5.41) is 7.64. The summed E-state index contributed by atoms with van der Waals surface area (Å²) in [4.78, 5) is 12.0. The Labute approximate surface area is 131 Å². The number of hydrogen-bond acceptors (Lipinski definition) is 2. The molecule has 0 spiro atoms. The van der Waals surface area contributed by atoms with E-state index in [-0.39, 0.29) is 5.78 Å². The molecule has 104 valence electrons. The van der Waals surface area contributed by atoms with Crippen LogP contribution in [-0.4, -0.2) is 5.78 Å². The molecule has 22 heavy (non-hydrogen) atoms. The van der Waals surface area contributed by atoms with E-state index in [0.717, 1.165) is 10.3 Å². The van der Waals surface area contributed by atoms with Crippen LogP contribution in [0.25, 0.3) is 41.7 Å². The summed E-state index contributed by atoms with van der Waals surface area (Å²) in [6.07, 6.45) is 0. The minimum atomic E-state index is 0.138. The Hall–Kier alpha value is -2.45. The van der Waals surface area contributed by atoms with Gasteiger partial charge in [-0.15, -0.1) is 11.3 Å². The summed E-state index contributed by atoms with van der Waals surface area (Å²) >= 11 is 1.73. The molecule has 4 aromatic carbocycles. The SMILES string of the molecule is CC(=O)c1ccc2c3ccccc3c3cccc4sc1c2c43. The molecule has 0 aliphatic carbocycles. The van der Waals surface area contributed by atoms with Crippen LogP contribution in [-0.2, 0) is 0 Å². The minimum Gasteiger partial charge on any atom is -0.294 e. The topological polar surface area (TPSA) is 17.1 Å². The standard InChI is InChI=1S/C20H12OS/c1-11(21)12-9-10-16-14-6-3-2-5-13(14)15-7-4-8-17-18(15)19(16)20(12)22-17/h2-10H,1H3. The molecule has 0 aliphatic heterocycles. The number of benzene rings is 4. The Morgan fingerprint density at radius 2 is 1.45 bits per heavy atom. The lowest BCUT2D eigenvalue weighted by Crippen LogP contribution is -1.92. The fourth-order valence-corrected chi connectivity index (χ4v) is 4.92. The van der Waals surface area contributed by atoms with Crippen molar-refractivity contribution < 1.29 is 4.79 Å². The van der Waals surface area contributed by atoms with Crippen molar-refractivity contribution in [3.05, 3.63) is 60.2 Å². The van der Waals surface area contributed by atoms with E-state index < -0.39 is 0 Å². The van der Waals surface area contributed by atoms with Gasteiger partial charge in [-0.3, -0.25) is 4.79 Å². The van der Waals surface area contributed by atoms with Gasteiger partial charge in [0.2, 0.25) is 0 Å². The zero-order valence-corrected chi connectivity index (χ0v) is 12.8. The van der Waals surface area contributed by atoms with Crippen LogP contribution in [0.15, 0.2) is 54.6 Å². The molecule has 5 rings (SSSR count). The van der Waals surface area contributed by atoms with Gasteiger partial charge in [-0.1, -0.05) is 42.5 Å². The lowest BCUT2D eigenvalue weighted by Gasteiger charge is -2.09.